The van der Waals surface area contributed by atoms with Crippen LogP contribution in [0.2, 0.25) is 0 Å². The van der Waals surface area contributed by atoms with Crippen LogP contribution in [0.1, 0.15) is 21.6 Å². The van der Waals surface area contributed by atoms with E-state index < -0.39 is 5.97 Å². The van der Waals surface area contributed by atoms with E-state index in [0.717, 1.165) is 16.8 Å². The summed E-state index contributed by atoms with van der Waals surface area (Å²) in [5.41, 5.74) is 3.28. The molecule has 0 radical (unpaired) electrons. The number of benzene rings is 1. The van der Waals surface area contributed by atoms with Crippen molar-refractivity contribution in [2.24, 2.45) is 0 Å². The van der Waals surface area contributed by atoms with E-state index in [4.69, 9.17) is 0 Å². The van der Waals surface area contributed by atoms with Gasteiger partial charge in [0.25, 0.3) is 0 Å². The Balaban J connectivity index is 1.77. The Morgan fingerprint density at radius 2 is 2.00 bits per heavy atom. The summed E-state index contributed by atoms with van der Waals surface area (Å²) in [6.45, 7) is 0.926. The zero-order chi connectivity index (χ0) is 17.8. The molecule has 0 saturated carbocycles. The first kappa shape index (κ1) is 16.8. The molecule has 0 fully saturated rings. The van der Waals surface area contributed by atoms with Gasteiger partial charge in [-0.3, -0.25) is 15.0 Å². The van der Waals surface area contributed by atoms with Crippen LogP contribution in [0, 0.1) is 5.82 Å². The Hall–Kier alpha value is -3.06. The highest BCUT2D eigenvalue weighted by Gasteiger charge is 2.15. The van der Waals surface area contributed by atoms with E-state index in [1.54, 1.807) is 36.7 Å². The van der Waals surface area contributed by atoms with E-state index in [1.165, 1.54) is 12.1 Å². The minimum Gasteiger partial charge on any atom is -0.478 e. The monoisotopic (exact) mass is 340 g/mol. The smallest absolute Gasteiger partial charge is 0.337 e. The summed E-state index contributed by atoms with van der Waals surface area (Å²) in [6.07, 6.45) is 3.29. The van der Waals surface area contributed by atoms with Gasteiger partial charge >= 0.3 is 5.97 Å². The van der Waals surface area contributed by atoms with Crippen LogP contribution >= 0.6 is 0 Å². The fourth-order valence-electron chi connectivity index (χ4n) is 2.66. The Bertz CT molecular complexity index is 877. The van der Waals surface area contributed by atoms with Gasteiger partial charge in [0.15, 0.2) is 0 Å². The van der Waals surface area contributed by atoms with Crippen LogP contribution in [0.5, 0.6) is 0 Å². The second-order valence-corrected chi connectivity index (χ2v) is 5.75. The first-order valence-corrected chi connectivity index (χ1v) is 7.68. The fraction of sp³-hybridized carbons (Fsp3) is 0.167. The summed E-state index contributed by atoms with van der Waals surface area (Å²) in [6, 6.07) is 9.32. The van der Waals surface area contributed by atoms with Gasteiger partial charge in [0.05, 0.1) is 23.1 Å². The molecule has 2 heterocycles. The maximum atomic E-state index is 13.1. The minimum atomic E-state index is -0.994. The largest absolute Gasteiger partial charge is 0.478 e. The number of nitrogens with zero attached hydrogens (tertiary/aromatic N) is 3. The molecule has 6 nitrogen and oxygen atoms in total. The highest BCUT2D eigenvalue weighted by molar-refractivity contribution is 5.88. The first-order chi connectivity index (χ1) is 12.0. The average molecular weight is 340 g/mol. The van der Waals surface area contributed by atoms with Crippen molar-refractivity contribution in [1.29, 1.82) is 0 Å². The molecule has 0 atom stereocenters. The van der Waals surface area contributed by atoms with Crippen molar-refractivity contribution in [2.45, 2.75) is 13.1 Å². The van der Waals surface area contributed by atoms with Crippen molar-refractivity contribution in [2.75, 3.05) is 7.05 Å². The molecule has 0 amide bonds. The number of halogens is 1. The number of aromatic nitrogens is 3. The molecule has 2 N–H and O–H groups in total. The zero-order valence-electron chi connectivity index (χ0n) is 13.6. The second-order valence-electron chi connectivity index (χ2n) is 5.75. The van der Waals surface area contributed by atoms with Crippen LogP contribution in [0.25, 0.3) is 11.3 Å². The summed E-state index contributed by atoms with van der Waals surface area (Å²) in [4.78, 5) is 17.4. The molecule has 0 aliphatic carbocycles. The Morgan fingerprint density at radius 3 is 2.72 bits per heavy atom. The van der Waals surface area contributed by atoms with Crippen molar-refractivity contribution in [3.05, 3.63) is 71.4 Å². The number of hydrogen-bond acceptors (Lipinski definition) is 4. The third-order valence-electron chi connectivity index (χ3n) is 3.83. The molecule has 0 spiro atoms. The van der Waals surface area contributed by atoms with Crippen LogP contribution in [-0.2, 0) is 13.1 Å². The van der Waals surface area contributed by atoms with E-state index in [0.29, 0.717) is 18.8 Å². The highest BCUT2D eigenvalue weighted by atomic mass is 19.1. The zero-order valence-corrected chi connectivity index (χ0v) is 13.6. The van der Waals surface area contributed by atoms with Gasteiger partial charge in [-0.15, -0.1) is 0 Å². The van der Waals surface area contributed by atoms with Crippen molar-refractivity contribution in [3.63, 3.8) is 0 Å². The van der Waals surface area contributed by atoms with Gasteiger partial charge in [0, 0.05) is 30.4 Å². The molecular weight excluding hydrogens is 323 g/mol. The lowest BCUT2D eigenvalue weighted by molar-refractivity contribution is 0.0694. The molecule has 0 bridgehead atoms. The molecule has 7 heteroatoms. The van der Waals surface area contributed by atoms with Crippen LogP contribution < -0.4 is 0 Å². The maximum absolute atomic E-state index is 13.1. The Kier molecular flexibility index (Phi) is 4.85. The number of rotatable bonds is 6. The van der Waals surface area contributed by atoms with Gasteiger partial charge in [-0.2, -0.15) is 5.10 Å². The molecule has 0 unspecified atom stereocenters. The molecular formula is C18H17FN4O2. The lowest BCUT2D eigenvalue weighted by Gasteiger charge is -2.17. The summed E-state index contributed by atoms with van der Waals surface area (Å²) in [5.74, 6) is -1.29. The summed E-state index contributed by atoms with van der Waals surface area (Å²) < 4.78 is 13.1. The normalized spacial score (nSPS) is 11.0. The van der Waals surface area contributed by atoms with E-state index in [9.17, 15) is 14.3 Å². The lowest BCUT2D eigenvalue weighted by atomic mass is 10.1. The average Bonchev–Trinajstić information content (AvgIpc) is 3.03. The second kappa shape index (κ2) is 7.23. The predicted octanol–water partition coefficient (Wildman–Crippen LogP) is 2.94. The minimum absolute atomic E-state index is 0.195. The van der Waals surface area contributed by atoms with E-state index in [-0.39, 0.29) is 11.4 Å². The number of nitrogens with one attached hydrogen (secondary N) is 1. The highest BCUT2D eigenvalue weighted by Crippen LogP contribution is 2.23. The quantitative estimate of drug-likeness (QED) is 0.721. The molecule has 1 aromatic carbocycles. The van der Waals surface area contributed by atoms with E-state index in [2.05, 4.69) is 15.2 Å². The molecule has 128 valence electrons. The third kappa shape index (κ3) is 3.89. The Morgan fingerprint density at radius 1 is 1.24 bits per heavy atom. The van der Waals surface area contributed by atoms with Gasteiger partial charge in [-0.25, -0.2) is 9.18 Å². The number of aromatic carboxylic acids is 1. The number of aromatic amines is 1. The molecule has 2 aromatic heterocycles. The van der Waals surface area contributed by atoms with Crippen LogP contribution in [0.15, 0.2) is 48.8 Å². The summed E-state index contributed by atoms with van der Waals surface area (Å²) >= 11 is 0. The standard InChI is InChI=1S/C18H17FN4O2/c1-23(11-16-15(18(24)25)3-2-8-20-16)10-13-9-21-22-17(13)12-4-6-14(19)7-5-12/h2-9H,10-11H2,1H3,(H,21,22)(H,24,25). The van der Waals surface area contributed by atoms with Gasteiger partial charge < -0.3 is 5.11 Å². The SMILES string of the molecule is CN(Cc1cn[nH]c1-c1ccc(F)cc1)Cc1ncccc1C(=O)O. The number of pyridine rings is 1. The van der Waals surface area contributed by atoms with E-state index in [1.807, 2.05) is 11.9 Å². The number of carboxylic acids is 1. The molecule has 0 aliphatic heterocycles. The van der Waals surface area contributed by atoms with Gasteiger partial charge in [-0.05, 0) is 43.4 Å². The van der Waals surface area contributed by atoms with Crippen molar-refractivity contribution in [3.8, 4) is 11.3 Å². The van der Waals surface area contributed by atoms with Gasteiger partial charge in [-0.1, -0.05) is 0 Å². The third-order valence-corrected chi connectivity index (χ3v) is 3.83. The summed E-state index contributed by atoms with van der Waals surface area (Å²) in [5, 5.41) is 16.2. The molecule has 0 saturated heterocycles. The number of hydrogen-bond donors (Lipinski definition) is 2. The fourth-order valence-corrected chi connectivity index (χ4v) is 2.66. The topological polar surface area (TPSA) is 82.1 Å². The van der Waals surface area contributed by atoms with E-state index >= 15 is 0 Å². The van der Waals surface area contributed by atoms with Crippen LogP contribution in [0.3, 0.4) is 0 Å². The summed E-state index contributed by atoms with van der Waals surface area (Å²) in [7, 11) is 1.88. The number of carbonyl (C=O) groups is 1. The van der Waals surface area contributed by atoms with Crippen LogP contribution in [0.4, 0.5) is 4.39 Å². The van der Waals surface area contributed by atoms with Gasteiger partial charge in [0.1, 0.15) is 5.82 Å². The van der Waals surface area contributed by atoms with Crippen molar-refractivity contribution < 1.29 is 14.3 Å². The first-order valence-electron chi connectivity index (χ1n) is 7.68. The molecule has 0 aliphatic rings. The Labute approximate surface area is 144 Å². The van der Waals surface area contributed by atoms with Crippen molar-refractivity contribution in [1.82, 2.24) is 20.1 Å². The predicted molar refractivity (Wildman–Crippen MR) is 90.3 cm³/mol. The van der Waals surface area contributed by atoms with Crippen LogP contribution in [-0.4, -0.2) is 38.2 Å². The lowest BCUT2D eigenvalue weighted by Crippen LogP contribution is -2.20. The molecule has 25 heavy (non-hydrogen) atoms. The molecule has 3 rings (SSSR count). The number of carboxylic acid groups (broad SMARTS) is 1. The van der Waals surface area contributed by atoms with Gasteiger partial charge in [0.2, 0.25) is 0 Å². The maximum Gasteiger partial charge on any atom is 0.337 e. The molecule has 3 aromatic rings. The van der Waals surface area contributed by atoms with Crippen molar-refractivity contribution >= 4 is 5.97 Å². The number of H-pyrrole nitrogens is 1.